The third-order valence-electron chi connectivity index (χ3n) is 1.92. The lowest BCUT2D eigenvalue weighted by molar-refractivity contribution is 0.335. The molecule has 0 radical (unpaired) electrons. The zero-order valence-electron chi connectivity index (χ0n) is 7.62. The van der Waals surface area contributed by atoms with E-state index in [1.54, 1.807) is 0 Å². The highest BCUT2D eigenvalue weighted by Crippen LogP contribution is 2.27. The minimum atomic E-state index is 0.668. The minimum absolute atomic E-state index is 0.668. The van der Waals surface area contributed by atoms with Crippen LogP contribution in [-0.2, 0) is 0 Å². The molecule has 1 heterocycles. The van der Waals surface area contributed by atoms with Crippen molar-refractivity contribution >= 4 is 6.08 Å². The van der Waals surface area contributed by atoms with E-state index < -0.39 is 0 Å². The predicted octanol–water partition coefficient (Wildman–Crippen LogP) is 2.49. The zero-order chi connectivity index (χ0) is 9.10. The second-order valence-electron chi connectivity index (χ2n) is 2.85. The number of benzene rings is 1. The average Bonchev–Trinajstić information content (AvgIpc) is 2.18. The molecule has 0 N–H and O–H groups in total. The Morgan fingerprint density at radius 2 is 2.38 bits per heavy atom. The Bertz CT molecular complexity index is 329. The molecular weight excluding hydrogens is 164 g/mol. The highest BCUT2D eigenvalue weighted by Gasteiger charge is 2.05. The quantitative estimate of drug-likeness (QED) is 0.689. The molecule has 1 aromatic carbocycles. The summed E-state index contributed by atoms with van der Waals surface area (Å²) in [5.74, 6) is 1.84. The van der Waals surface area contributed by atoms with Gasteiger partial charge in [0.2, 0.25) is 0 Å². The summed E-state index contributed by atoms with van der Waals surface area (Å²) in [6.07, 6.45) is 4.05. The smallest absolute Gasteiger partial charge is 0.127 e. The number of hydrogen-bond donors (Lipinski definition) is 0. The zero-order valence-corrected chi connectivity index (χ0v) is 7.62. The van der Waals surface area contributed by atoms with Crippen molar-refractivity contribution in [1.29, 1.82) is 0 Å². The Hall–Kier alpha value is -1.44. The molecule has 1 aromatic rings. The maximum Gasteiger partial charge on any atom is 0.127 e. The van der Waals surface area contributed by atoms with Gasteiger partial charge in [-0.1, -0.05) is 6.08 Å². The van der Waals surface area contributed by atoms with Crippen LogP contribution < -0.4 is 9.47 Å². The lowest BCUT2D eigenvalue weighted by Gasteiger charge is -2.13. The molecule has 2 heteroatoms. The Balaban J connectivity index is 2.31. The van der Waals surface area contributed by atoms with E-state index in [1.165, 1.54) is 0 Å². The fraction of sp³-hybridized carbons (Fsp3) is 0.273. The molecule has 0 fully saturated rings. The van der Waals surface area contributed by atoms with Gasteiger partial charge in [-0.15, -0.1) is 0 Å². The van der Waals surface area contributed by atoms with E-state index in [9.17, 15) is 0 Å². The highest BCUT2D eigenvalue weighted by atomic mass is 16.5. The molecule has 0 saturated heterocycles. The molecule has 68 valence electrons. The van der Waals surface area contributed by atoms with Gasteiger partial charge in [0, 0.05) is 5.56 Å². The first-order valence-corrected chi connectivity index (χ1v) is 4.46. The van der Waals surface area contributed by atoms with Crippen LogP contribution in [0.25, 0.3) is 6.08 Å². The summed E-state index contributed by atoms with van der Waals surface area (Å²) in [5.41, 5.74) is 1.09. The summed E-state index contributed by atoms with van der Waals surface area (Å²) in [4.78, 5) is 0. The predicted molar refractivity (Wildman–Crippen MR) is 52.1 cm³/mol. The van der Waals surface area contributed by atoms with Crippen molar-refractivity contribution in [2.24, 2.45) is 0 Å². The van der Waals surface area contributed by atoms with Crippen LogP contribution in [0.3, 0.4) is 0 Å². The first-order valence-electron chi connectivity index (χ1n) is 4.46. The standard InChI is InChI=1S/C11H12O2/c1-2-12-10-5-6-11-9(8-10)4-3-7-13-11/h3-6,8H,2,7H2,1H3. The summed E-state index contributed by atoms with van der Waals surface area (Å²) < 4.78 is 10.8. The maximum atomic E-state index is 5.41. The fourth-order valence-corrected chi connectivity index (χ4v) is 1.36. The first kappa shape index (κ1) is 8.17. The second kappa shape index (κ2) is 3.52. The van der Waals surface area contributed by atoms with E-state index in [-0.39, 0.29) is 0 Å². The molecule has 1 aliphatic rings. The molecule has 0 aliphatic carbocycles. The van der Waals surface area contributed by atoms with E-state index in [2.05, 4.69) is 6.08 Å². The topological polar surface area (TPSA) is 18.5 Å². The monoisotopic (exact) mass is 176 g/mol. The van der Waals surface area contributed by atoms with Crippen molar-refractivity contribution < 1.29 is 9.47 Å². The van der Waals surface area contributed by atoms with Crippen LogP contribution in [0.15, 0.2) is 24.3 Å². The first-order chi connectivity index (χ1) is 6.40. The molecule has 0 unspecified atom stereocenters. The molecule has 1 aliphatic heterocycles. The van der Waals surface area contributed by atoms with Gasteiger partial charge in [0.05, 0.1) is 6.61 Å². The Kier molecular flexibility index (Phi) is 2.21. The third-order valence-corrected chi connectivity index (χ3v) is 1.92. The summed E-state index contributed by atoms with van der Waals surface area (Å²) in [7, 11) is 0. The van der Waals surface area contributed by atoms with Gasteiger partial charge in [0.15, 0.2) is 0 Å². The van der Waals surface area contributed by atoms with Crippen molar-refractivity contribution in [2.45, 2.75) is 6.92 Å². The second-order valence-corrected chi connectivity index (χ2v) is 2.85. The van der Waals surface area contributed by atoms with Gasteiger partial charge in [0.25, 0.3) is 0 Å². The van der Waals surface area contributed by atoms with Crippen LogP contribution in [0.1, 0.15) is 12.5 Å². The molecule has 0 amide bonds. The van der Waals surface area contributed by atoms with Crippen LogP contribution in [0.2, 0.25) is 0 Å². The normalized spacial score (nSPS) is 13.3. The number of rotatable bonds is 2. The maximum absolute atomic E-state index is 5.41. The Labute approximate surface area is 77.8 Å². The molecule has 2 rings (SSSR count). The highest BCUT2D eigenvalue weighted by molar-refractivity contribution is 5.61. The number of ether oxygens (including phenoxy) is 2. The third kappa shape index (κ3) is 1.66. The van der Waals surface area contributed by atoms with Crippen molar-refractivity contribution in [3.8, 4) is 11.5 Å². The molecule has 0 aromatic heterocycles. The number of fused-ring (bicyclic) bond motifs is 1. The molecule has 2 nitrogen and oxygen atoms in total. The minimum Gasteiger partial charge on any atom is -0.494 e. The molecule has 0 atom stereocenters. The van der Waals surface area contributed by atoms with Gasteiger partial charge in [-0.3, -0.25) is 0 Å². The van der Waals surface area contributed by atoms with Crippen LogP contribution in [0, 0.1) is 0 Å². The molecule has 13 heavy (non-hydrogen) atoms. The van der Waals surface area contributed by atoms with Gasteiger partial charge in [-0.05, 0) is 31.2 Å². The van der Waals surface area contributed by atoms with E-state index in [1.807, 2.05) is 31.2 Å². The van der Waals surface area contributed by atoms with E-state index in [0.29, 0.717) is 13.2 Å². The van der Waals surface area contributed by atoms with Crippen molar-refractivity contribution in [2.75, 3.05) is 13.2 Å². The van der Waals surface area contributed by atoms with Crippen LogP contribution in [-0.4, -0.2) is 13.2 Å². The lowest BCUT2D eigenvalue weighted by Crippen LogP contribution is -2.00. The van der Waals surface area contributed by atoms with Crippen LogP contribution in [0.5, 0.6) is 11.5 Å². The van der Waals surface area contributed by atoms with Gasteiger partial charge in [-0.2, -0.15) is 0 Å². The summed E-state index contributed by atoms with van der Waals surface area (Å²) in [6, 6.07) is 5.87. The summed E-state index contributed by atoms with van der Waals surface area (Å²) >= 11 is 0. The number of hydrogen-bond acceptors (Lipinski definition) is 2. The summed E-state index contributed by atoms with van der Waals surface area (Å²) in [6.45, 7) is 3.34. The van der Waals surface area contributed by atoms with Gasteiger partial charge >= 0.3 is 0 Å². The molecular formula is C11H12O2. The largest absolute Gasteiger partial charge is 0.494 e. The Morgan fingerprint density at radius 1 is 1.46 bits per heavy atom. The average molecular weight is 176 g/mol. The van der Waals surface area contributed by atoms with Gasteiger partial charge in [-0.25, -0.2) is 0 Å². The molecule has 0 saturated carbocycles. The molecule has 0 bridgehead atoms. The van der Waals surface area contributed by atoms with Crippen molar-refractivity contribution in [1.82, 2.24) is 0 Å². The van der Waals surface area contributed by atoms with Crippen LogP contribution in [0.4, 0.5) is 0 Å². The van der Waals surface area contributed by atoms with Gasteiger partial charge < -0.3 is 9.47 Å². The van der Waals surface area contributed by atoms with Crippen LogP contribution >= 0.6 is 0 Å². The molecule has 0 spiro atoms. The van der Waals surface area contributed by atoms with E-state index in [4.69, 9.17) is 9.47 Å². The van der Waals surface area contributed by atoms with E-state index >= 15 is 0 Å². The van der Waals surface area contributed by atoms with E-state index in [0.717, 1.165) is 17.1 Å². The SMILES string of the molecule is CCOc1ccc2c(c1)C=CCO2. The van der Waals surface area contributed by atoms with Gasteiger partial charge in [0.1, 0.15) is 18.1 Å². The Morgan fingerprint density at radius 3 is 3.23 bits per heavy atom. The van der Waals surface area contributed by atoms with Crippen molar-refractivity contribution in [3.63, 3.8) is 0 Å². The fourth-order valence-electron chi connectivity index (χ4n) is 1.36. The lowest BCUT2D eigenvalue weighted by atomic mass is 10.1. The summed E-state index contributed by atoms with van der Waals surface area (Å²) in [5, 5.41) is 0. The van der Waals surface area contributed by atoms with Crippen molar-refractivity contribution in [3.05, 3.63) is 29.8 Å².